The van der Waals surface area contributed by atoms with Crippen molar-refractivity contribution >= 4 is 17.6 Å². The maximum absolute atomic E-state index is 12.1. The Morgan fingerprint density at radius 3 is 2.33 bits per heavy atom. The highest BCUT2D eigenvalue weighted by Crippen LogP contribution is 2.22. The van der Waals surface area contributed by atoms with Gasteiger partial charge in [0.05, 0.1) is 18.4 Å². The summed E-state index contributed by atoms with van der Waals surface area (Å²) in [6.07, 6.45) is 0. The predicted molar refractivity (Wildman–Crippen MR) is 79.1 cm³/mol. The van der Waals surface area contributed by atoms with Crippen molar-refractivity contribution in [3.63, 3.8) is 0 Å². The maximum Gasteiger partial charge on any atom is 0.337 e. The van der Waals surface area contributed by atoms with Gasteiger partial charge in [-0.05, 0) is 37.3 Å². The van der Waals surface area contributed by atoms with Crippen molar-refractivity contribution < 1.29 is 19.4 Å². The summed E-state index contributed by atoms with van der Waals surface area (Å²) in [6.45, 7) is 1.92. The fourth-order valence-electron chi connectivity index (χ4n) is 1.84. The average molecular weight is 285 g/mol. The second-order valence-corrected chi connectivity index (χ2v) is 4.54. The molecule has 0 fully saturated rings. The molecule has 0 spiro atoms. The lowest BCUT2D eigenvalue weighted by atomic mass is 10.1. The zero-order valence-electron chi connectivity index (χ0n) is 11.7. The smallest absolute Gasteiger partial charge is 0.337 e. The molecule has 0 aromatic heterocycles. The van der Waals surface area contributed by atoms with Gasteiger partial charge in [0.15, 0.2) is 0 Å². The Bertz CT molecular complexity index is 677. The third-order valence-corrected chi connectivity index (χ3v) is 3.02. The topological polar surface area (TPSA) is 75.6 Å². The van der Waals surface area contributed by atoms with Crippen LogP contribution in [0.15, 0.2) is 42.5 Å². The number of ether oxygens (including phenoxy) is 1. The van der Waals surface area contributed by atoms with E-state index in [4.69, 9.17) is 4.74 Å². The van der Waals surface area contributed by atoms with Crippen molar-refractivity contribution in [1.29, 1.82) is 0 Å². The monoisotopic (exact) mass is 285 g/mol. The fourth-order valence-corrected chi connectivity index (χ4v) is 1.84. The number of benzene rings is 2. The zero-order chi connectivity index (χ0) is 15.4. The first-order chi connectivity index (χ1) is 10.0. The number of rotatable bonds is 4. The molecule has 1 amide bonds. The minimum Gasteiger partial charge on any atom is -0.497 e. The van der Waals surface area contributed by atoms with E-state index in [1.807, 2.05) is 19.1 Å². The number of hydrogen-bond donors (Lipinski definition) is 2. The lowest BCUT2D eigenvalue weighted by Gasteiger charge is -2.10. The number of nitrogens with one attached hydrogen (secondary N) is 1. The number of carbonyl (C=O) groups excluding carboxylic acids is 1. The van der Waals surface area contributed by atoms with Crippen LogP contribution in [0.4, 0.5) is 5.69 Å². The number of hydrogen-bond acceptors (Lipinski definition) is 3. The Hall–Kier alpha value is -2.82. The van der Waals surface area contributed by atoms with Crippen LogP contribution >= 0.6 is 0 Å². The van der Waals surface area contributed by atoms with Gasteiger partial charge in [-0.3, -0.25) is 4.79 Å². The molecule has 0 saturated heterocycles. The van der Waals surface area contributed by atoms with E-state index in [-0.39, 0.29) is 17.2 Å². The molecule has 0 bridgehead atoms. The zero-order valence-corrected chi connectivity index (χ0v) is 11.7. The molecule has 0 aliphatic carbocycles. The highest BCUT2D eigenvalue weighted by atomic mass is 16.5. The molecule has 0 atom stereocenters. The summed E-state index contributed by atoms with van der Waals surface area (Å²) in [6, 6.07) is 11.5. The lowest BCUT2D eigenvalue weighted by molar-refractivity contribution is 0.0697. The predicted octanol–water partition coefficient (Wildman–Crippen LogP) is 2.95. The Morgan fingerprint density at radius 1 is 1.10 bits per heavy atom. The highest BCUT2D eigenvalue weighted by molar-refractivity contribution is 6.07. The molecule has 2 aromatic rings. The number of anilines is 1. The van der Waals surface area contributed by atoms with Crippen molar-refractivity contribution in [3.05, 3.63) is 59.2 Å². The van der Waals surface area contributed by atoms with Crippen molar-refractivity contribution in [2.45, 2.75) is 6.92 Å². The Labute approximate surface area is 122 Å². The molecule has 2 N–H and O–H groups in total. The number of carbonyl (C=O) groups is 2. The molecule has 2 aromatic carbocycles. The summed E-state index contributed by atoms with van der Waals surface area (Å²) in [7, 11) is 1.45. The Kier molecular flexibility index (Phi) is 4.23. The van der Waals surface area contributed by atoms with Gasteiger partial charge in [0.25, 0.3) is 5.91 Å². The standard InChI is InChI=1S/C16H15NO4/c1-10-3-5-11(6-4-10)15(18)17-14-8-7-12(21-2)9-13(14)16(19)20/h3-9H,1-2H3,(H,17,18)(H,19,20). The number of methoxy groups -OCH3 is 1. The van der Waals surface area contributed by atoms with Gasteiger partial charge in [0.2, 0.25) is 0 Å². The first-order valence-electron chi connectivity index (χ1n) is 6.30. The van der Waals surface area contributed by atoms with Crippen molar-refractivity contribution in [1.82, 2.24) is 0 Å². The number of aromatic carboxylic acids is 1. The van der Waals surface area contributed by atoms with Gasteiger partial charge in [-0.1, -0.05) is 17.7 Å². The Morgan fingerprint density at radius 2 is 1.76 bits per heavy atom. The molecule has 21 heavy (non-hydrogen) atoms. The molecule has 0 aliphatic heterocycles. The van der Waals surface area contributed by atoms with Crippen LogP contribution in [0.5, 0.6) is 5.75 Å². The molecule has 108 valence electrons. The summed E-state index contributed by atoms with van der Waals surface area (Å²) >= 11 is 0. The summed E-state index contributed by atoms with van der Waals surface area (Å²) in [5, 5.41) is 11.8. The van der Waals surface area contributed by atoms with Crippen LogP contribution in [0, 0.1) is 6.92 Å². The van der Waals surface area contributed by atoms with E-state index >= 15 is 0 Å². The van der Waals surface area contributed by atoms with Crippen molar-refractivity contribution in [2.24, 2.45) is 0 Å². The van der Waals surface area contributed by atoms with E-state index in [1.54, 1.807) is 18.2 Å². The highest BCUT2D eigenvalue weighted by Gasteiger charge is 2.14. The summed E-state index contributed by atoms with van der Waals surface area (Å²) in [5.74, 6) is -1.07. The van der Waals surface area contributed by atoms with Crippen LogP contribution in [0.3, 0.4) is 0 Å². The molecular weight excluding hydrogens is 270 g/mol. The molecular formula is C16H15NO4. The number of carboxylic acid groups (broad SMARTS) is 1. The fraction of sp³-hybridized carbons (Fsp3) is 0.125. The van der Waals surface area contributed by atoms with Crippen LogP contribution in [-0.2, 0) is 0 Å². The quantitative estimate of drug-likeness (QED) is 0.905. The minimum absolute atomic E-state index is 0.0187. The first-order valence-corrected chi connectivity index (χ1v) is 6.30. The normalized spacial score (nSPS) is 10.0. The second-order valence-electron chi connectivity index (χ2n) is 4.54. The van der Waals surface area contributed by atoms with Crippen molar-refractivity contribution in [3.8, 4) is 5.75 Å². The third kappa shape index (κ3) is 3.39. The summed E-state index contributed by atoms with van der Waals surface area (Å²) in [4.78, 5) is 23.4. The molecule has 2 rings (SSSR count). The average Bonchev–Trinajstić information content (AvgIpc) is 2.48. The van der Waals surface area contributed by atoms with Crippen LogP contribution < -0.4 is 10.1 Å². The van der Waals surface area contributed by atoms with E-state index in [9.17, 15) is 14.7 Å². The van der Waals surface area contributed by atoms with E-state index in [0.717, 1.165) is 5.56 Å². The lowest BCUT2D eigenvalue weighted by Crippen LogP contribution is -2.14. The van der Waals surface area contributed by atoms with E-state index < -0.39 is 5.97 Å². The van der Waals surface area contributed by atoms with Crippen LogP contribution in [0.25, 0.3) is 0 Å². The van der Waals surface area contributed by atoms with Gasteiger partial charge in [0.1, 0.15) is 5.75 Å². The second kappa shape index (κ2) is 6.09. The minimum atomic E-state index is -1.13. The SMILES string of the molecule is COc1ccc(NC(=O)c2ccc(C)cc2)c(C(=O)O)c1. The van der Waals surface area contributed by atoms with E-state index in [1.165, 1.54) is 19.2 Å². The van der Waals surface area contributed by atoms with Gasteiger partial charge in [0, 0.05) is 5.56 Å². The molecule has 5 heteroatoms. The van der Waals surface area contributed by atoms with E-state index in [0.29, 0.717) is 11.3 Å². The Balaban J connectivity index is 2.28. The van der Waals surface area contributed by atoms with Gasteiger partial charge in [-0.25, -0.2) is 4.79 Å². The van der Waals surface area contributed by atoms with Gasteiger partial charge < -0.3 is 15.2 Å². The number of amides is 1. The number of aryl methyl sites for hydroxylation is 1. The molecule has 0 radical (unpaired) electrons. The third-order valence-electron chi connectivity index (χ3n) is 3.02. The van der Waals surface area contributed by atoms with Gasteiger partial charge in [-0.2, -0.15) is 0 Å². The molecule has 0 aliphatic rings. The summed E-state index contributed by atoms with van der Waals surface area (Å²) < 4.78 is 4.99. The molecule has 0 unspecified atom stereocenters. The first kappa shape index (κ1) is 14.6. The van der Waals surface area contributed by atoms with Crippen LogP contribution in [0.1, 0.15) is 26.3 Å². The van der Waals surface area contributed by atoms with Crippen molar-refractivity contribution in [2.75, 3.05) is 12.4 Å². The molecule has 5 nitrogen and oxygen atoms in total. The molecule has 0 saturated carbocycles. The van der Waals surface area contributed by atoms with Crippen LogP contribution in [-0.4, -0.2) is 24.1 Å². The number of carboxylic acids is 1. The summed E-state index contributed by atoms with van der Waals surface area (Å²) in [5.41, 5.74) is 1.72. The van der Waals surface area contributed by atoms with Gasteiger partial charge in [-0.15, -0.1) is 0 Å². The maximum atomic E-state index is 12.1. The largest absolute Gasteiger partial charge is 0.497 e. The van der Waals surface area contributed by atoms with Gasteiger partial charge >= 0.3 is 5.97 Å². The molecule has 0 heterocycles. The van der Waals surface area contributed by atoms with Crippen LogP contribution in [0.2, 0.25) is 0 Å². The van der Waals surface area contributed by atoms with E-state index in [2.05, 4.69) is 5.32 Å².